The van der Waals surface area contributed by atoms with Gasteiger partial charge in [0.15, 0.2) is 0 Å². The van der Waals surface area contributed by atoms with Gasteiger partial charge in [-0.1, -0.05) is 33.8 Å². The van der Waals surface area contributed by atoms with Crippen molar-refractivity contribution in [3.8, 4) is 0 Å². The third kappa shape index (κ3) is 4.43. The van der Waals surface area contributed by atoms with Crippen LogP contribution < -0.4 is 10.2 Å². The molecule has 2 rings (SSSR count). The van der Waals surface area contributed by atoms with Gasteiger partial charge in [-0.05, 0) is 30.9 Å². The van der Waals surface area contributed by atoms with Gasteiger partial charge in [0, 0.05) is 37.3 Å². The van der Waals surface area contributed by atoms with E-state index in [9.17, 15) is 5.11 Å². The molecule has 2 heterocycles. The maximum Gasteiger partial charge on any atom is 0.128 e. The van der Waals surface area contributed by atoms with Crippen molar-refractivity contribution in [3.05, 3.63) is 24.4 Å². The highest BCUT2D eigenvalue weighted by atomic mass is 16.3. The van der Waals surface area contributed by atoms with E-state index in [0.29, 0.717) is 12.0 Å². The molecule has 1 saturated heterocycles. The van der Waals surface area contributed by atoms with Crippen molar-refractivity contribution in [1.29, 1.82) is 0 Å². The van der Waals surface area contributed by atoms with Crippen LogP contribution in [0.3, 0.4) is 0 Å². The van der Waals surface area contributed by atoms with E-state index in [1.165, 1.54) is 0 Å². The fourth-order valence-electron chi connectivity index (χ4n) is 3.27. The average molecular weight is 305 g/mol. The molecule has 4 heteroatoms. The molecule has 1 fully saturated rings. The Morgan fingerprint density at radius 3 is 2.55 bits per heavy atom. The predicted octanol–water partition coefficient (Wildman–Crippen LogP) is 2.68. The van der Waals surface area contributed by atoms with Crippen molar-refractivity contribution < 1.29 is 5.11 Å². The molecule has 22 heavy (non-hydrogen) atoms. The molecular weight excluding hydrogens is 274 g/mol. The predicted molar refractivity (Wildman–Crippen MR) is 92.1 cm³/mol. The summed E-state index contributed by atoms with van der Waals surface area (Å²) in [5, 5.41) is 14.0. The Balaban J connectivity index is 1.78. The van der Waals surface area contributed by atoms with Gasteiger partial charge < -0.3 is 15.3 Å². The van der Waals surface area contributed by atoms with Crippen molar-refractivity contribution in [2.45, 2.75) is 52.7 Å². The maximum absolute atomic E-state index is 10.3. The van der Waals surface area contributed by atoms with Crippen LogP contribution in [0.1, 0.15) is 40.5 Å². The van der Waals surface area contributed by atoms with E-state index in [4.69, 9.17) is 0 Å². The van der Waals surface area contributed by atoms with Crippen LogP contribution in [0, 0.1) is 11.3 Å². The maximum atomic E-state index is 10.3. The minimum absolute atomic E-state index is 0.0910. The number of aliphatic hydroxyl groups is 1. The monoisotopic (exact) mass is 305 g/mol. The minimum Gasteiger partial charge on any atom is -0.392 e. The van der Waals surface area contributed by atoms with Gasteiger partial charge in [-0.2, -0.15) is 0 Å². The Hall–Kier alpha value is -1.13. The van der Waals surface area contributed by atoms with Crippen LogP contribution in [0.5, 0.6) is 0 Å². The van der Waals surface area contributed by atoms with Gasteiger partial charge >= 0.3 is 0 Å². The normalized spacial score (nSPS) is 18.7. The molecule has 1 unspecified atom stereocenters. The van der Waals surface area contributed by atoms with Crippen LogP contribution in [0.25, 0.3) is 0 Å². The van der Waals surface area contributed by atoms with Crippen LogP contribution >= 0.6 is 0 Å². The number of pyridine rings is 1. The lowest BCUT2D eigenvalue weighted by Gasteiger charge is -2.37. The van der Waals surface area contributed by atoms with Gasteiger partial charge in [-0.25, -0.2) is 4.98 Å². The molecule has 1 aromatic heterocycles. The van der Waals surface area contributed by atoms with E-state index in [1.807, 2.05) is 18.3 Å². The first-order chi connectivity index (χ1) is 10.4. The van der Waals surface area contributed by atoms with Crippen molar-refractivity contribution in [3.63, 3.8) is 0 Å². The molecule has 124 valence electrons. The largest absolute Gasteiger partial charge is 0.392 e. The van der Waals surface area contributed by atoms with E-state index < -0.39 is 0 Å². The van der Waals surface area contributed by atoms with E-state index >= 15 is 0 Å². The number of rotatable bonds is 6. The van der Waals surface area contributed by atoms with E-state index in [2.05, 4.69) is 49.0 Å². The molecule has 0 amide bonds. The fourth-order valence-corrected chi connectivity index (χ4v) is 3.27. The second-order valence-corrected chi connectivity index (χ2v) is 7.51. The number of hydrogen-bond donors (Lipinski definition) is 2. The summed E-state index contributed by atoms with van der Waals surface area (Å²) >= 11 is 0. The third-order valence-electron chi connectivity index (χ3n) is 4.75. The van der Waals surface area contributed by atoms with Crippen molar-refractivity contribution >= 4 is 5.82 Å². The highest BCUT2D eigenvalue weighted by Gasteiger charge is 2.31. The first-order valence-corrected chi connectivity index (χ1v) is 8.47. The molecular formula is C18H31N3O. The molecule has 4 nitrogen and oxygen atoms in total. The molecule has 0 saturated carbocycles. The Bertz CT molecular complexity index is 439. The van der Waals surface area contributed by atoms with Gasteiger partial charge in [0.1, 0.15) is 5.82 Å². The van der Waals surface area contributed by atoms with Crippen LogP contribution in [-0.2, 0) is 0 Å². The van der Waals surface area contributed by atoms with Gasteiger partial charge in [0.25, 0.3) is 0 Å². The summed E-state index contributed by atoms with van der Waals surface area (Å²) < 4.78 is 0. The number of anilines is 1. The second-order valence-electron chi connectivity index (χ2n) is 7.51. The third-order valence-corrected chi connectivity index (χ3v) is 4.75. The summed E-state index contributed by atoms with van der Waals surface area (Å²) in [5.41, 5.74) is -0.0910. The molecule has 0 aliphatic carbocycles. The standard InChI is InChI=1S/C18H31N3O/c1-14(2)17(22)18(3,4)13-20-15-8-11-21(12-9-15)16-7-5-6-10-19-16/h5-7,10,14-15,17,20,22H,8-9,11-13H2,1-4H3. The van der Waals surface area contributed by atoms with Crippen LogP contribution in [0.4, 0.5) is 5.82 Å². The Kier molecular flexibility index (Phi) is 5.81. The zero-order chi connectivity index (χ0) is 16.2. The highest BCUT2D eigenvalue weighted by Crippen LogP contribution is 2.26. The van der Waals surface area contributed by atoms with E-state index in [-0.39, 0.29) is 11.5 Å². The van der Waals surface area contributed by atoms with E-state index in [0.717, 1.165) is 38.3 Å². The zero-order valence-electron chi connectivity index (χ0n) is 14.4. The smallest absolute Gasteiger partial charge is 0.128 e. The molecule has 1 atom stereocenters. The summed E-state index contributed by atoms with van der Waals surface area (Å²) in [7, 11) is 0. The lowest BCUT2D eigenvalue weighted by molar-refractivity contribution is 0.0117. The summed E-state index contributed by atoms with van der Waals surface area (Å²) in [5.74, 6) is 1.37. The molecule has 0 radical (unpaired) electrons. The lowest BCUT2D eigenvalue weighted by Crippen LogP contribution is -2.48. The Morgan fingerprint density at radius 2 is 2.00 bits per heavy atom. The van der Waals surface area contributed by atoms with Crippen LogP contribution in [0.2, 0.25) is 0 Å². The van der Waals surface area contributed by atoms with Crippen molar-refractivity contribution in [2.24, 2.45) is 11.3 Å². The first kappa shape index (κ1) is 17.2. The van der Waals surface area contributed by atoms with Crippen molar-refractivity contribution in [1.82, 2.24) is 10.3 Å². The highest BCUT2D eigenvalue weighted by molar-refractivity contribution is 5.38. The summed E-state index contributed by atoms with van der Waals surface area (Å²) in [4.78, 5) is 6.78. The molecule has 1 aliphatic heterocycles. The SMILES string of the molecule is CC(C)C(O)C(C)(C)CNC1CCN(c2ccccn2)CC1. The number of aliphatic hydroxyl groups excluding tert-OH is 1. The first-order valence-electron chi connectivity index (χ1n) is 8.47. The second kappa shape index (κ2) is 7.42. The quantitative estimate of drug-likeness (QED) is 0.848. The summed E-state index contributed by atoms with van der Waals surface area (Å²) in [6.45, 7) is 11.4. The van der Waals surface area contributed by atoms with Gasteiger partial charge in [0.2, 0.25) is 0 Å². The number of nitrogens with one attached hydrogen (secondary N) is 1. The molecule has 1 aromatic rings. The molecule has 0 bridgehead atoms. The zero-order valence-corrected chi connectivity index (χ0v) is 14.4. The molecule has 1 aliphatic rings. The topological polar surface area (TPSA) is 48.4 Å². The minimum atomic E-state index is -0.270. The number of nitrogens with zero attached hydrogens (tertiary/aromatic N) is 2. The lowest BCUT2D eigenvalue weighted by atomic mass is 9.80. The van der Waals surface area contributed by atoms with Crippen molar-refractivity contribution in [2.75, 3.05) is 24.5 Å². The Labute approximate surface area is 134 Å². The van der Waals surface area contributed by atoms with Gasteiger partial charge in [0.05, 0.1) is 6.10 Å². The summed E-state index contributed by atoms with van der Waals surface area (Å²) in [6.07, 6.45) is 3.85. The number of aromatic nitrogens is 1. The summed E-state index contributed by atoms with van der Waals surface area (Å²) in [6, 6.07) is 6.62. The molecule has 0 aromatic carbocycles. The fraction of sp³-hybridized carbons (Fsp3) is 0.722. The number of piperidine rings is 1. The van der Waals surface area contributed by atoms with Crippen LogP contribution in [-0.4, -0.2) is 41.9 Å². The molecule has 2 N–H and O–H groups in total. The van der Waals surface area contributed by atoms with Gasteiger partial charge in [-0.15, -0.1) is 0 Å². The average Bonchev–Trinajstić information content (AvgIpc) is 2.53. The number of hydrogen-bond acceptors (Lipinski definition) is 4. The van der Waals surface area contributed by atoms with E-state index in [1.54, 1.807) is 0 Å². The molecule has 0 spiro atoms. The van der Waals surface area contributed by atoms with Crippen LogP contribution in [0.15, 0.2) is 24.4 Å². The van der Waals surface area contributed by atoms with Gasteiger partial charge in [-0.3, -0.25) is 0 Å². The Morgan fingerprint density at radius 1 is 1.32 bits per heavy atom.